The summed E-state index contributed by atoms with van der Waals surface area (Å²) in [4.78, 5) is 39.9. The minimum atomic E-state index is -4.73. The second-order valence-corrected chi connectivity index (χ2v) is 9.35. The minimum absolute atomic E-state index is 0.00501. The van der Waals surface area contributed by atoms with Crippen molar-refractivity contribution in [3.05, 3.63) is 59.2 Å². The van der Waals surface area contributed by atoms with Crippen molar-refractivity contribution in [1.29, 1.82) is 0 Å². The Hall–Kier alpha value is -4.09. The smallest absolute Gasteiger partial charge is 0.416 e. The normalized spacial score (nSPS) is 12.4. The van der Waals surface area contributed by atoms with Gasteiger partial charge in [-0.3, -0.25) is 9.59 Å². The van der Waals surface area contributed by atoms with E-state index < -0.39 is 35.6 Å². The molecule has 2 aromatic rings. The standard InChI is InChI=1S/C24H28F3N5O4/c1-23(2,3)12-19(33)32-18(21(35)36)8-13-4-6-16(7-5-13)30-20(34)14-9-15(24(25,26)27)11-17(10-14)31-22(28)29/h4-7,9-11,18H,8,12H2,1-3H3,(H,30,34)(H,32,33)(H,35,36)(H4,28,29,31)/t18-/m0/s1. The zero-order valence-electron chi connectivity index (χ0n) is 19.9. The Bertz CT molecular complexity index is 1150. The van der Waals surface area contributed by atoms with Gasteiger partial charge in [0.1, 0.15) is 6.04 Å². The Morgan fingerprint density at radius 2 is 1.64 bits per heavy atom. The minimum Gasteiger partial charge on any atom is -0.480 e. The molecule has 2 amide bonds. The Balaban J connectivity index is 2.16. The van der Waals surface area contributed by atoms with Crippen molar-refractivity contribution in [2.75, 3.05) is 5.32 Å². The van der Waals surface area contributed by atoms with Gasteiger partial charge in [0.05, 0.1) is 11.3 Å². The largest absolute Gasteiger partial charge is 0.480 e. The maximum Gasteiger partial charge on any atom is 0.416 e. The Morgan fingerprint density at radius 1 is 1.03 bits per heavy atom. The molecule has 194 valence electrons. The average molecular weight is 508 g/mol. The maximum atomic E-state index is 13.2. The van der Waals surface area contributed by atoms with E-state index in [0.29, 0.717) is 17.7 Å². The summed E-state index contributed by atoms with van der Waals surface area (Å²) >= 11 is 0. The molecule has 0 aliphatic carbocycles. The molecule has 0 saturated carbocycles. The molecule has 7 N–H and O–H groups in total. The van der Waals surface area contributed by atoms with Gasteiger partial charge in [-0.2, -0.15) is 13.2 Å². The molecule has 36 heavy (non-hydrogen) atoms. The number of amides is 2. The third-order valence-corrected chi connectivity index (χ3v) is 4.74. The first-order valence-electron chi connectivity index (χ1n) is 10.8. The van der Waals surface area contributed by atoms with Gasteiger partial charge in [-0.15, -0.1) is 0 Å². The van der Waals surface area contributed by atoms with E-state index in [4.69, 9.17) is 11.5 Å². The number of aliphatic imine (C=N–C) groups is 1. The molecule has 0 saturated heterocycles. The van der Waals surface area contributed by atoms with Crippen LogP contribution in [0.15, 0.2) is 47.5 Å². The number of carboxylic acids is 1. The number of aliphatic carboxylic acids is 1. The second-order valence-electron chi connectivity index (χ2n) is 9.35. The van der Waals surface area contributed by atoms with Crippen molar-refractivity contribution in [3.63, 3.8) is 0 Å². The lowest BCUT2D eigenvalue weighted by molar-refractivity contribution is -0.142. The summed E-state index contributed by atoms with van der Waals surface area (Å²) in [6.45, 7) is 5.57. The Kier molecular flexibility index (Phi) is 8.68. The summed E-state index contributed by atoms with van der Waals surface area (Å²) in [6.07, 6.45) is -4.58. The SMILES string of the molecule is CC(C)(C)CC(=O)N[C@@H](Cc1ccc(NC(=O)c2cc(N=C(N)N)cc(C(F)(F)F)c2)cc1)C(=O)O. The maximum absolute atomic E-state index is 13.2. The van der Waals surface area contributed by atoms with Crippen molar-refractivity contribution < 1.29 is 32.7 Å². The fourth-order valence-corrected chi connectivity index (χ4v) is 3.21. The summed E-state index contributed by atoms with van der Waals surface area (Å²) in [7, 11) is 0. The number of nitrogens with one attached hydrogen (secondary N) is 2. The highest BCUT2D eigenvalue weighted by Gasteiger charge is 2.32. The number of carbonyl (C=O) groups excluding carboxylic acids is 2. The molecule has 9 nitrogen and oxygen atoms in total. The number of carboxylic acid groups (broad SMARTS) is 1. The predicted octanol–water partition coefficient (Wildman–Crippen LogP) is 3.41. The van der Waals surface area contributed by atoms with E-state index >= 15 is 0 Å². The van der Waals surface area contributed by atoms with Gasteiger partial charge in [-0.25, -0.2) is 9.79 Å². The van der Waals surface area contributed by atoms with Crippen LogP contribution in [0, 0.1) is 5.41 Å². The number of halogens is 3. The highest BCUT2D eigenvalue weighted by molar-refractivity contribution is 6.05. The zero-order chi connectivity index (χ0) is 27.3. The number of alkyl halides is 3. The van der Waals surface area contributed by atoms with Crippen LogP contribution in [0.1, 0.15) is 48.7 Å². The van der Waals surface area contributed by atoms with E-state index in [1.807, 2.05) is 20.8 Å². The van der Waals surface area contributed by atoms with Gasteiger partial charge < -0.3 is 27.2 Å². The zero-order valence-corrected chi connectivity index (χ0v) is 19.9. The van der Waals surface area contributed by atoms with Crippen molar-refractivity contribution in [2.24, 2.45) is 21.9 Å². The first-order chi connectivity index (χ1) is 16.5. The molecule has 0 heterocycles. The summed E-state index contributed by atoms with van der Waals surface area (Å²) < 4.78 is 39.7. The lowest BCUT2D eigenvalue weighted by atomic mass is 9.91. The molecule has 0 unspecified atom stereocenters. The van der Waals surface area contributed by atoms with E-state index in [1.165, 1.54) is 12.1 Å². The monoisotopic (exact) mass is 507 g/mol. The van der Waals surface area contributed by atoms with Crippen molar-refractivity contribution in [2.45, 2.75) is 45.8 Å². The summed E-state index contributed by atoms with van der Waals surface area (Å²) in [5, 5.41) is 14.4. The van der Waals surface area contributed by atoms with Crippen LogP contribution in [-0.4, -0.2) is 34.9 Å². The molecule has 0 radical (unpaired) electrons. The number of hydrogen-bond acceptors (Lipinski definition) is 4. The molecule has 0 bridgehead atoms. The van der Waals surface area contributed by atoms with Crippen LogP contribution in [0.4, 0.5) is 24.5 Å². The molecular weight excluding hydrogens is 479 g/mol. The number of nitrogens with zero attached hydrogens (tertiary/aromatic N) is 1. The fraction of sp³-hybridized carbons (Fsp3) is 0.333. The topological polar surface area (TPSA) is 160 Å². The van der Waals surface area contributed by atoms with Crippen LogP contribution in [0.5, 0.6) is 0 Å². The van der Waals surface area contributed by atoms with Gasteiger partial charge in [-0.1, -0.05) is 32.9 Å². The Morgan fingerprint density at radius 3 is 2.14 bits per heavy atom. The number of guanidine groups is 1. The van der Waals surface area contributed by atoms with Gasteiger partial charge in [-0.05, 0) is 41.3 Å². The van der Waals surface area contributed by atoms with Gasteiger partial charge in [0.2, 0.25) is 5.91 Å². The number of rotatable bonds is 8. The molecule has 0 fully saturated rings. The van der Waals surface area contributed by atoms with E-state index in [1.54, 1.807) is 12.1 Å². The molecule has 2 aromatic carbocycles. The number of anilines is 1. The first kappa shape index (κ1) is 28.1. The highest BCUT2D eigenvalue weighted by atomic mass is 19.4. The first-order valence-corrected chi connectivity index (χ1v) is 10.8. The highest BCUT2D eigenvalue weighted by Crippen LogP contribution is 2.33. The predicted molar refractivity (Wildman–Crippen MR) is 129 cm³/mol. The Labute approximate surface area is 205 Å². The third kappa shape index (κ3) is 8.93. The van der Waals surface area contributed by atoms with E-state index in [0.717, 1.165) is 6.07 Å². The van der Waals surface area contributed by atoms with Crippen LogP contribution in [0.2, 0.25) is 0 Å². The summed E-state index contributed by atoms with van der Waals surface area (Å²) in [5.41, 5.74) is 9.34. The van der Waals surface area contributed by atoms with Gasteiger partial charge >= 0.3 is 12.1 Å². The number of nitrogens with two attached hydrogens (primary N) is 2. The van der Waals surface area contributed by atoms with E-state index in [9.17, 15) is 32.7 Å². The van der Waals surface area contributed by atoms with Crippen LogP contribution in [0.25, 0.3) is 0 Å². The second kappa shape index (κ2) is 11.1. The van der Waals surface area contributed by atoms with Crippen molar-refractivity contribution >= 4 is 35.1 Å². The van der Waals surface area contributed by atoms with Gasteiger partial charge in [0.15, 0.2) is 5.96 Å². The molecule has 2 rings (SSSR count). The van der Waals surface area contributed by atoms with Gasteiger partial charge in [0, 0.05) is 24.1 Å². The molecular formula is C24H28F3N5O4. The summed E-state index contributed by atoms with van der Waals surface area (Å²) in [6, 6.07) is 7.35. The molecule has 1 atom stereocenters. The van der Waals surface area contributed by atoms with Crippen molar-refractivity contribution in [1.82, 2.24) is 5.32 Å². The number of hydrogen-bond donors (Lipinski definition) is 5. The molecule has 0 aliphatic heterocycles. The number of benzene rings is 2. The van der Waals surface area contributed by atoms with Crippen LogP contribution >= 0.6 is 0 Å². The van der Waals surface area contributed by atoms with E-state index in [2.05, 4.69) is 15.6 Å². The fourth-order valence-electron chi connectivity index (χ4n) is 3.21. The average Bonchev–Trinajstić information content (AvgIpc) is 2.71. The number of carbonyl (C=O) groups is 3. The van der Waals surface area contributed by atoms with Crippen LogP contribution in [-0.2, 0) is 22.2 Å². The van der Waals surface area contributed by atoms with Crippen LogP contribution in [0.3, 0.4) is 0 Å². The quantitative estimate of drug-likeness (QED) is 0.272. The molecule has 12 heteroatoms. The van der Waals surface area contributed by atoms with Gasteiger partial charge in [0.25, 0.3) is 5.91 Å². The van der Waals surface area contributed by atoms with Crippen molar-refractivity contribution in [3.8, 4) is 0 Å². The molecule has 0 aliphatic rings. The third-order valence-electron chi connectivity index (χ3n) is 4.74. The van der Waals surface area contributed by atoms with E-state index in [-0.39, 0.29) is 41.1 Å². The lowest BCUT2D eigenvalue weighted by Crippen LogP contribution is -2.43. The molecule has 0 aromatic heterocycles. The summed E-state index contributed by atoms with van der Waals surface area (Å²) in [5.74, 6) is -2.89. The van der Waals surface area contributed by atoms with Crippen LogP contribution < -0.4 is 22.1 Å². The lowest BCUT2D eigenvalue weighted by Gasteiger charge is -2.20. The molecule has 0 spiro atoms.